The molecule has 1 N–H and O–H groups in total. The number of carbonyl (C=O) groups is 2. The molecule has 1 aromatic heterocycles. The van der Waals surface area contributed by atoms with Crippen LogP contribution in [0.1, 0.15) is 39.4 Å². The Morgan fingerprint density at radius 3 is 2.29 bits per heavy atom. The number of rotatable bonds is 6. The van der Waals surface area contributed by atoms with Crippen molar-refractivity contribution in [2.45, 2.75) is 19.4 Å². The Bertz CT molecular complexity index is 743. The van der Waals surface area contributed by atoms with Crippen LogP contribution in [0.3, 0.4) is 0 Å². The average Bonchev–Trinajstić information content (AvgIpc) is 3.40. The zero-order valence-corrected chi connectivity index (χ0v) is 12.9. The molecular weight excluding hydrogens is 313 g/mol. The molecule has 0 atom stereocenters. The van der Waals surface area contributed by atoms with E-state index in [9.17, 15) is 14.0 Å². The van der Waals surface area contributed by atoms with Crippen molar-refractivity contribution in [1.82, 2.24) is 14.9 Å². The number of carboxylic acid groups (broad SMARTS) is 1. The van der Waals surface area contributed by atoms with Gasteiger partial charge in [0.05, 0.1) is 12.4 Å². The van der Waals surface area contributed by atoms with Gasteiger partial charge in [-0.05, 0) is 36.5 Å². The molecule has 1 aliphatic carbocycles. The number of benzene rings is 1. The van der Waals surface area contributed by atoms with Crippen molar-refractivity contribution in [3.05, 3.63) is 59.4 Å². The topological polar surface area (TPSA) is 83.4 Å². The van der Waals surface area contributed by atoms with Crippen LogP contribution in [0, 0.1) is 11.7 Å². The first kappa shape index (κ1) is 16.0. The van der Waals surface area contributed by atoms with Crippen LogP contribution < -0.4 is 0 Å². The van der Waals surface area contributed by atoms with Gasteiger partial charge < -0.3 is 10.0 Å². The maximum absolute atomic E-state index is 13.0. The third kappa shape index (κ3) is 3.92. The normalized spacial score (nSPS) is 13.5. The van der Waals surface area contributed by atoms with E-state index in [0.717, 1.165) is 24.6 Å². The summed E-state index contributed by atoms with van der Waals surface area (Å²) in [6, 6.07) is 6.00. The molecule has 0 spiro atoms. The van der Waals surface area contributed by atoms with Crippen molar-refractivity contribution in [3.63, 3.8) is 0 Å². The van der Waals surface area contributed by atoms with Gasteiger partial charge in [0.25, 0.3) is 5.91 Å². The second kappa shape index (κ2) is 6.74. The van der Waals surface area contributed by atoms with E-state index >= 15 is 0 Å². The maximum Gasteiger partial charge on any atom is 0.356 e. The Hall–Kier alpha value is -2.83. The minimum atomic E-state index is -1.19. The first-order valence-electron chi connectivity index (χ1n) is 7.62. The van der Waals surface area contributed by atoms with E-state index in [1.807, 2.05) is 0 Å². The predicted molar refractivity (Wildman–Crippen MR) is 82.9 cm³/mol. The van der Waals surface area contributed by atoms with Gasteiger partial charge in [-0.1, -0.05) is 12.1 Å². The summed E-state index contributed by atoms with van der Waals surface area (Å²) in [5.74, 6) is -1.35. The van der Waals surface area contributed by atoms with Gasteiger partial charge in [-0.2, -0.15) is 0 Å². The number of aromatic nitrogens is 2. The Kier molecular flexibility index (Phi) is 4.50. The van der Waals surface area contributed by atoms with Gasteiger partial charge in [0, 0.05) is 13.1 Å². The van der Waals surface area contributed by atoms with Crippen molar-refractivity contribution in [1.29, 1.82) is 0 Å². The van der Waals surface area contributed by atoms with Crippen molar-refractivity contribution >= 4 is 11.9 Å². The molecule has 1 heterocycles. The van der Waals surface area contributed by atoms with E-state index in [0.29, 0.717) is 19.0 Å². The summed E-state index contributed by atoms with van der Waals surface area (Å²) in [7, 11) is 0. The van der Waals surface area contributed by atoms with E-state index in [4.69, 9.17) is 5.11 Å². The number of nitrogens with zero attached hydrogens (tertiary/aromatic N) is 3. The van der Waals surface area contributed by atoms with E-state index in [1.165, 1.54) is 18.3 Å². The number of halogens is 1. The fraction of sp³-hybridized carbons (Fsp3) is 0.294. The molecule has 0 bridgehead atoms. The number of hydrogen-bond acceptors (Lipinski definition) is 4. The van der Waals surface area contributed by atoms with Crippen molar-refractivity contribution in [3.8, 4) is 0 Å². The van der Waals surface area contributed by atoms with E-state index in [2.05, 4.69) is 9.97 Å². The lowest BCUT2D eigenvalue weighted by atomic mass is 10.2. The summed E-state index contributed by atoms with van der Waals surface area (Å²) < 4.78 is 13.0. The van der Waals surface area contributed by atoms with Gasteiger partial charge in [-0.25, -0.2) is 19.2 Å². The van der Waals surface area contributed by atoms with Crippen molar-refractivity contribution < 1.29 is 19.1 Å². The lowest BCUT2D eigenvalue weighted by Crippen LogP contribution is -2.33. The maximum atomic E-state index is 13.0. The summed E-state index contributed by atoms with van der Waals surface area (Å²) >= 11 is 0. The molecule has 1 aromatic carbocycles. The Labute approximate surface area is 138 Å². The number of carbonyl (C=O) groups excluding carboxylic acids is 1. The van der Waals surface area contributed by atoms with Crippen LogP contribution in [-0.2, 0) is 6.54 Å². The van der Waals surface area contributed by atoms with Crippen molar-refractivity contribution in [2.24, 2.45) is 5.92 Å². The third-order valence-corrected chi connectivity index (χ3v) is 3.84. The number of amides is 1. The molecule has 6 nitrogen and oxygen atoms in total. The van der Waals surface area contributed by atoms with Gasteiger partial charge in [-0.3, -0.25) is 4.79 Å². The molecule has 0 aliphatic heterocycles. The molecule has 0 saturated heterocycles. The number of carboxylic acids is 1. The summed E-state index contributed by atoms with van der Waals surface area (Å²) in [5, 5.41) is 8.84. The van der Waals surface area contributed by atoms with E-state index in [1.54, 1.807) is 17.0 Å². The molecule has 0 radical (unpaired) electrons. The molecule has 1 aliphatic rings. The molecule has 7 heteroatoms. The first-order chi connectivity index (χ1) is 11.5. The molecule has 24 heavy (non-hydrogen) atoms. The van der Waals surface area contributed by atoms with Crippen LogP contribution in [0.2, 0.25) is 0 Å². The van der Waals surface area contributed by atoms with Gasteiger partial charge >= 0.3 is 5.97 Å². The highest BCUT2D eigenvalue weighted by Crippen LogP contribution is 2.30. The number of hydrogen-bond donors (Lipinski definition) is 1. The monoisotopic (exact) mass is 329 g/mol. The van der Waals surface area contributed by atoms with Crippen LogP contribution in [0.15, 0.2) is 36.7 Å². The summed E-state index contributed by atoms with van der Waals surface area (Å²) in [6.07, 6.45) is 4.41. The van der Waals surface area contributed by atoms with Crippen LogP contribution in [-0.4, -0.2) is 38.4 Å². The summed E-state index contributed by atoms with van der Waals surface area (Å²) in [4.78, 5) is 32.8. The molecule has 1 fully saturated rings. The molecular formula is C17H16FN3O3. The minimum Gasteiger partial charge on any atom is -0.476 e. The van der Waals surface area contributed by atoms with Gasteiger partial charge in [0.2, 0.25) is 0 Å². The third-order valence-electron chi connectivity index (χ3n) is 3.84. The van der Waals surface area contributed by atoms with Gasteiger partial charge in [0.1, 0.15) is 11.5 Å². The van der Waals surface area contributed by atoms with E-state index < -0.39 is 5.97 Å². The van der Waals surface area contributed by atoms with Crippen LogP contribution >= 0.6 is 0 Å². The highest BCUT2D eigenvalue weighted by molar-refractivity contribution is 5.92. The lowest BCUT2D eigenvalue weighted by Gasteiger charge is -2.22. The Morgan fingerprint density at radius 2 is 1.75 bits per heavy atom. The molecule has 124 valence electrons. The van der Waals surface area contributed by atoms with Crippen LogP contribution in [0.4, 0.5) is 4.39 Å². The van der Waals surface area contributed by atoms with Crippen LogP contribution in [0.5, 0.6) is 0 Å². The molecule has 0 unspecified atom stereocenters. The number of aromatic carboxylic acids is 1. The molecule has 1 amide bonds. The highest BCUT2D eigenvalue weighted by atomic mass is 19.1. The standard InChI is InChI=1S/C17H16FN3O3/c18-13-5-3-12(4-6-13)10-21(9-11-1-2-11)16(22)14-7-20-15(8-19-14)17(23)24/h3-8,11H,1-2,9-10H2,(H,23,24). The smallest absolute Gasteiger partial charge is 0.356 e. The van der Waals surface area contributed by atoms with Crippen molar-refractivity contribution in [2.75, 3.05) is 6.54 Å². The first-order valence-corrected chi connectivity index (χ1v) is 7.62. The quantitative estimate of drug-likeness (QED) is 0.879. The highest BCUT2D eigenvalue weighted by Gasteiger charge is 2.28. The lowest BCUT2D eigenvalue weighted by molar-refractivity contribution is 0.0683. The zero-order chi connectivity index (χ0) is 17.1. The predicted octanol–water partition coefficient (Wildman–Crippen LogP) is 2.37. The Morgan fingerprint density at radius 1 is 1.12 bits per heavy atom. The van der Waals surface area contributed by atoms with Gasteiger partial charge in [-0.15, -0.1) is 0 Å². The SMILES string of the molecule is O=C(O)c1cnc(C(=O)N(Cc2ccc(F)cc2)CC2CC2)cn1. The average molecular weight is 329 g/mol. The molecule has 2 aromatic rings. The summed E-state index contributed by atoms with van der Waals surface area (Å²) in [6.45, 7) is 0.941. The fourth-order valence-corrected chi connectivity index (χ4v) is 2.35. The van der Waals surface area contributed by atoms with E-state index in [-0.39, 0.29) is 23.1 Å². The summed E-state index contributed by atoms with van der Waals surface area (Å²) in [5.41, 5.74) is 0.710. The van der Waals surface area contributed by atoms with Crippen LogP contribution in [0.25, 0.3) is 0 Å². The zero-order valence-electron chi connectivity index (χ0n) is 12.9. The van der Waals surface area contributed by atoms with Gasteiger partial charge in [0.15, 0.2) is 5.69 Å². The minimum absolute atomic E-state index is 0.0998. The second-order valence-corrected chi connectivity index (χ2v) is 5.85. The second-order valence-electron chi connectivity index (χ2n) is 5.85. The fourth-order valence-electron chi connectivity index (χ4n) is 2.35. The largest absolute Gasteiger partial charge is 0.476 e. The Balaban J connectivity index is 1.77. The molecule has 3 rings (SSSR count). The molecule has 1 saturated carbocycles.